The number of nitrogens with zero attached hydrogens (tertiary/aromatic N) is 1. The summed E-state index contributed by atoms with van der Waals surface area (Å²) >= 11 is 3.31. The molecule has 24 heteroatoms. The monoisotopic (exact) mass is 1050 g/mol. The molecule has 384 valence electrons. The lowest BCUT2D eigenvalue weighted by Crippen LogP contribution is -2.71. The van der Waals surface area contributed by atoms with Crippen LogP contribution < -0.4 is 43.0 Å². The van der Waals surface area contributed by atoms with Gasteiger partial charge in [-0.2, -0.15) is 0 Å². The van der Waals surface area contributed by atoms with E-state index in [9.17, 15) is 58.5 Å². The third kappa shape index (κ3) is 11.1. The number of thioether (sulfide) groups is 3. The fourth-order valence-electron chi connectivity index (χ4n) is 9.24. The topological polar surface area (TPSA) is 328 Å². The average Bonchev–Trinajstić information content (AvgIpc) is 3.94. The SMILES string of the molecule is CC1(C)S[C@H](C(NC(=O)[C@H](N)c2ccccc2)C(=O)N[C@@H](C(=O)NC(C(=O)N[C@@H](C(=O)N[C@@H]2C(=O)N3C(C(=O)O)C(C)(C)S[C@H]23)c2ccccc2)[C@@H]2NC(C(=O)O)C(C)(C)S2)c2ccccc2)NC1C(=O)O. The van der Waals surface area contributed by atoms with Gasteiger partial charge in [0.1, 0.15) is 59.8 Å². The first-order valence-electron chi connectivity index (χ1n) is 22.8. The Bertz CT molecular complexity index is 2610. The van der Waals surface area contributed by atoms with E-state index in [2.05, 4.69) is 37.2 Å². The Kier molecular flexibility index (Phi) is 15.7. The molecule has 7 rings (SSSR count). The summed E-state index contributed by atoms with van der Waals surface area (Å²) in [5.74, 6) is -8.81. The molecule has 0 saturated carbocycles. The molecule has 12 atom stereocenters. The number of carboxylic acid groups (broad SMARTS) is 3. The highest BCUT2D eigenvalue weighted by atomic mass is 32.2. The van der Waals surface area contributed by atoms with Crippen molar-refractivity contribution in [3.05, 3.63) is 108 Å². The van der Waals surface area contributed by atoms with Crippen LogP contribution in [0.5, 0.6) is 0 Å². The molecule has 4 aliphatic rings. The number of hydrogen-bond acceptors (Lipinski definition) is 15. The number of β-lactam (4-membered cyclic amide) rings is 1. The summed E-state index contributed by atoms with van der Waals surface area (Å²) in [5.41, 5.74) is 7.23. The smallest absolute Gasteiger partial charge is 0.327 e. The molecule has 0 aliphatic carbocycles. The molecule has 3 aromatic carbocycles. The second kappa shape index (κ2) is 21.1. The summed E-state index contributed by atoms with van der Waals surface area (Å²) in [6, 6.07) is 11.9. The van der Waals surface area contributed by atoms with Gasteiger partial charge in [-0.05, 0) is 58.2 Å². The van der Waals surface area contributed by atoms with E-state index >= 15 is 0 Å². The summed E-state index contributed by atoms with van der Waals surface area (Å²) in [7, 11) is 0. The second-order valence-electron chi connectivity index (χ2n) is 19.3. The number of nitrogens with two attached hydrogens (primary N) is 1. The molecule has 0 radical (unpaired) electrons. The normalized spacial score (nSPS) is 26.5. The Morgan fingerprint density at radius 2 is 0.944 bits per heavy atom. The van der Waals surface area contributed by atoms with Crippen LogP contribution in [-0.2, 0) is 43.2 Å². The number of amides is 6. The fourth-order valence-corrected chi connectivity index (χ4v) is 13.8. The van der Waals surface area contributed by atoms with Gasteiger partial charge in [-0.3, -0.25) is 49.0 Å². The highest BCUT2D eigenvalue weighted by molar-refractivity contribution is 8.02. The number of aliphatic carboxylic acids is 3. The Balaban J connectivity index is 1.19. The molecule has 4 saturated heterocycles. The first kappa shape index (κ1) is 53.6. The highest BCUT2D eigenvalue weighted by Crippen LogP contribution is 2.51. The summed E-state index contributed by atoms with van der Waals surface area (Å²) in [6.07, 6.45) is 0. The van der Waals surface area contributed by atoms with E-state index in [0.717, 1.165) is 23.5 Å². The van der Waals surface area contributed by atoms with Crippen LogP contribution in [0.25, 0.3) is 0 Å². The number of rotatable bonds is 18. The molecule has 0 spiro atoms. The molecule has 12 N–H and O–H groups in total. The molecular weight excluding hydrogens is 991 g/mol. The molecule has 3 aromatic rings. The van der Waals surface area contributed by atoms with Crippen molar-refractivity contribution < 1.29 is 58.5 Å². The third-order valence-corrected chi connectivity index (χ3v) is 17.5. The van der Waals surface area contributed by atoms with E-state index in [1.807, 2.05) is 0 Å². The van der Waals surface area contributed by atoms with Gasteiger partial charge in [-0.25, -0.2) is 4.79 Å². The van der Waals surface area contributed by atoms with Crippen molar-refractivity contribution in [2.24, 2.45) is 5.73 Å². The minimum atomic E-state index is -1.68. The zero-order valence-corrected chi connectivity index (χ0v) is 42.3. The Labute approximate surface area is 427 Å². The Morgan fingerprint density at radius 3 is 1.35 bits per heavy atom. The van der Waals surface area contributed by atoms with Crippen molar-refractivity contribution >= 4 is 88.6 Å². The fraction of sp³-hybridized carbons (Fsp3) is 0.438. The van der Waals surface area contributed by atoms with Gasteiger partial charge >= 0.3 is 17.9 Å². The average molecular weight is 1050 g/mol. The molecule has 4 aliphatic heterocycles. The molecule has 72 heavy (non-hydrogen) atoms. The van der Waals surface area contributed by atoms with Gasteiger partial charge in [-0.1, -0.05) is 91.0 Å². The van der Waals surface area contributed by atoms with Crippen molar-refractivity contribution in [2.45, 2.75) is 126 Å². The van der Waals surface area contributed by atoms with Gasteiger partial charge in [0, 0.05) is 14.2 Å². The first-order valence-corrected chi connectivity index (χ1v) is 25.4. The summed E-state index contributed by atoms with van der Waals surface area (Å²) in [5, 5.41) is 46.6. The number of benzene rings is 3. The minimum Gasteiger partial charge on any atom is -0.480 e. The number of carbonyl (C=O) groups excluding carboxylic acids is 6. The standard InChI is InChI=1S/C48H57N9O12S3/c1-46(2)31(43(64)65)55-39(70-46)28(52-34(58)25(49)22-16-10-7-11-17-22)37(61)50-26(23-18-12-8-13-19-23)35(59)53-29(40-56-32(44(66)67)47(3,4)71-40)38(62)51-27(24-20-14-9-15-21-24)36(60)54-30-41(63)57-33(45(68)69)48(5,6)72-42(30)57/h7-21,25-33,39-40,42,55-56H,49H2,1-6H3,(H,50,61)(H,51,62)(H,52,58)(H,53,59)(H,54,60)(H,64,65)(H,66,67)(H,68,69)/t25-,26-,27-,28?,29?,30-,31?,32?,33?,39-,40-,42-/m1/s1. The van der Waals surface area contributed by atoms with Crippen LogP contribution in [0.15, 0.2) is 91.0 Å². The van der Waals surface area contributed by atoms with Crippen molar-refractivity contribution in [2.75, 3.05) is 0 Å². The summed E-state index contributed by atoms with van der Waals surface area (Å²) in [6.45, 7) is 9.95. The maximum atomic E-state index is 15.0. The molecule has 4 heterocycles. The predicted octanol–water partition coefficient (Wildman–Crippen LogP) is 0.791. The van der Waals surface area contributed by atoms with E-state index < -0.39 is 138 Å². The van der Waals surface area contributed by atoms with Crippen LogP contribution in [0.3, 0.4) is 0 Å². The Morgan fingerprint density at radius 1 is 0.542 bits per heavy atom. The quantitative estimate of drug-likeness (QED) is 0.0785. The number of hydrogen-bond donors (Lipinski definition) is 11. The second-order valence-corrected chi connectivity index (χ2v) is 24.7. The maximum Gasteiger partial charge on any atom is 0.327 e. The van der Waals surface area contributed by atoms with Gasteiger partial charge in [0.15, 0.2) is 0 Å². The van der Waals surface area contributed by atoms with E-state index in [4.69, 9.17) is 5.73 Å². The van der Waals surface area contributed by atoms with Gasteiger partial charge in [0.25, 0.3) is 0 Å². The lowest BCUT2D eigenvalue weighted by molar-refractivity contribution is -0.161. The molecule has 5 unspecified atom stereocenters. The zero-order chi connectivity index (χ0) is 52.6. The lowest BCUT2D eigenvalue weighted by atomic mass is 9.95. The molecule has 6 amide bonds. The van der Waals surface area contributed by atoms with Gasteiger partial charge in [0.2, 0.25) is 35.4 Å². The number of carbonyl (C=O) groups is 9. The van der Waals surface area contributed by atoms with E-state index in [1.165, 1.54) is 28.8 Å². The zero-order valence-electron chi connectivity index (χ0n) is 39.9. The van der Waals surface area contributed by atoms with Crippen molar-refractivity contribution in [1.29, 1.82) is 0 Å². The van der Waals surface area contributed by atoms with Crippen LogP contribution in [-0.4, -0.2) is 140 Å². The van der Waals surface area contributed by atoms with Crippen molar-refractivity contribution in [3.63, 3.8) is 0 Å². The van der Waals surface area contributed by atoms with Crippen molar-refractivity contribution in [3.8, 4) is 0 Å². The lowest BCUT2D eigenvalue weighted by Gasteiger charge is -2.44. The number of nitrogens with one attached hydrogen (secondary N) is 7. The van der Waals surface area contributed by atoms with Crippen LogP contribution in [0.2, 0.25) is 0 Å². The van der Waals surface area contributed by atoms with Crippen LogP contribution in [0.4, 0.5) is 0 Å². The van der Waals surface area contributed by atoms with Gasteiger partial charge in [0.05, 0.1) is 10.7 Å². The third-order valence-electron chi connectivity index (χ3n) is 13.0. The molecule has 21 nitrogen and oxygen atoms in total. The molecule has 4 fully saturated rings. The largest absolute Gasteiger partial charge is 0.480 e. The van der Waals surface area contributed by atoms with Crippen molar-refractivity contribution in [1.82, 2.24) is 42.1 Å². The number of carboxylic acids is 3. The molecule has 0 aromatic heterocycles. The van der Waals surface area contributed by atoms with E-state index in [0.29, 0.717) is 5.56 Å². The Hall–Kier alpha value is -6.18. The van der Waals surface area contributed by atoms with Gasteiger partial charge in [-0.15, -0.1) is 35.3 Å². The highest BCUT2D eigenvalue weighted by Gasteiger charge is 2.64. The van der Waals surface area contributed by atoms with Crippen LogP contribution >= 0.6 is 35.3 Å². The maximum absolute atomic E-state index is 15.0. The molecular formula is C48H57N9O12S3. The van der Waals surface area contributed by atoms with E-state index in [-0.39, 0.29) is 11.1 Å². The minimum absolute atomic E-state index is 0.207. The van der Waals surface area contributed by atoms with Crippen LogP contribution in [0, 0.1) is 0 Å². The molecule has 0 bridgehead atoms. The number of fused-ring (bicyclic) bond motifs is 1. The predicted molar refractivity (Wildman–Crippen MR) is 268 cm³/mol. The summed E-state index contributed by atoms with van der Waals surface area (Å²) < 4.78 is -2.96. The summed E-state index contributed by atoms with van der Waals surface area (Å²) in [4.78, 5) is 125. The van der Waals surface area contributed by atoms with Gasteiger partial charge < -0.3 is 52.5 Å². The van der Waals surface area contributed by atoms with E-state index in [1.54, 1.807) is 120 Å². The van der Waals surface area contributed by atoms with Crippen LogP contribution in [0.1, 0.15) is 76.4 Å². The first-order chi connectivity index (χ1) is 33.8.